The molecule has 0 amide bonds. The highest BCUT2D eigenvalue weighted by Crippen LogP contribution is 2.38. The Kier molecular flexibility index (Phi) is 3.10. The number of hydrogen-bond acceptors (Lipinski definition) is 1. The Morgan fingerprint density at radius 3 is 2.00 bits per heavy atom. The molecule has 0 atom stereocenters. The Hall–Kier alpha value is -3.11. The van der Waals surface area contributed by atoms with Crippen LogP contribution in [0, 0.1) is 11.3 Å². The molecule has 1 nitrogen and oxygen atoms in total. The molecule has 5 aromatic carbocycles. The highest BCUT2D eigenvalue weighted by atomic mass is 14.2. The second-order valence-electron chi connectivity index (χ2n) is 5.68. The molecule has 0 aliphatic carbocycles. The van der Waals surface area contributed by atoms with E-state index >= 15 is 0 Å². The minimum atomic E-state index is 1.32. The van der Waals surface area contributed by atoms with Crippen molar-refractivity contribution in [3.8, 4) is 6.07 Å². The van der Waals surface area contributed by atoms with E-state index in [9.17, 15) is 0 Å². The fraction of sp³-hybridized carbons (Fsp3) is 0.0455. The van der Waals surface area contributed by atoms with Crippen molar-refractivity contribution in [2.75, 3.05) is 0 Å². The van der Waals surface area contributed by atoms with Gasteiger partial charge in [0.1, 0.15) is 0 Å². The molecule has 5 rings (SSSR count). The maximum atomic E-state index is 7.32. The van der Waals surface area contributed by atoms with Crippen molar-refractivity contribution in [1.82, 2.24) is 0 Å². The van der Waals surface area contributed by atoms with Crippen LogP contribution in [0.4, 0.5) is 0 Å². The Morgan fingerprint density at radius 1 is 0.609 bits per heavy atom. The molecule has 0 heterocycles. The molecule has 1 heteroatoms. The monoisotopic (exact) mass is 293 g/mol. The van der Waals surface area contributed by atoms with Gasteiger partial charge in [-0.3, -0.25) is 0 Å². The topological polar surface area (TPSA) is 23.8 Å². The lowest BCUT2D eigenvalue weighted by atomic mass is 9.91. The van der Waals surface area contributed by atoms with Crippen LogP contribution in [0.1, 0.15) is 6.92 Å². The second kappa shape index (κ2) is 5.26. The third-order valence-corrected chi connectivity index (χ3v) is 4.37. The Balaban J connectivity index is 0.000000421. The van der Waals surface area contributed by atoms with E-state index in [1.165, 1.54) is 50.0 Å². The van der Waals surface area contributed by atoms with E-state index in [-0.39, 0.29) is 0 Å². The van der Waals surface area contributed by atoms with E-state index in [0.29, 0.717) is 0 Å². The van der Waals surface area contributed by atoms with E-state index < -0.39 is 0 Å². The first-order valence-corrected chi connectivity index (χ1v) is 7.69. The number of nitrogens with zero attached hydrogens (tertiary/aromatic N) is 1. The number of benzene rings is 5. The molecule has 23 heavy (non-hydrogen) atoms. The van der Waals surface area contributed by atoms with Gasteiger partial charge in [0.25, 0.3) is 0 Å². The summed E-state index contributed by atoms with van der Waals surface area (Å²) < 4.78 is 0. The van der Waals surface area contributed by atoms with Crippen molar-refractivity contribution in [2.24, 2.45) is 0 Å². The smallest absolute Gasteiger partial charge is 0.0587 e. The largest absolute Gasteiger partial charge is 0.199 e. The van der Waals surface area contributed by atoms with Crippen molar-refractivity contribution in [3.63, 3.8) is 0 Å². The van der Waals surface area contributed by atoms with Gasteiger partial charge in [0.05, 0.1) is 6.07 Å². The zero-order valence-corrected chi connectivity index (χ0v) is 12.9. The molecule has 0 saturated heterocycles. The number of hydrogen-bond donors (Lipinski definition) is 0. The van der Waals surface area contributed by atoms with Crippen LogP contribution in [0.3, 0.4) is 0 Å². The molecule has 0 N–H and O–H groups in total. The summed E-state index contributed by atoms with van der Waals surface area (Å²) in [6.45, 7) is 1.43. The number of nitriles is 1. The lowest BCUT2D eigenvalue weighted by molar-refractivity contribution is 1.49. The fourth-order valence-electron chi connectivity index (χ4n) is 3.49. The third kappa shape index (κ3) is 2.00. The summed E-state index contributed by atoms with van der Waals surface area (Å²) in [6.07, 6.45) is 0. The van der Waals surface area contributed by atoms with Crippen LogP contribution in [0.25, 0.3) is 43.1 Å². The molecule has 0 bridgehead atoms. The highest BCUT2D eigenvalue weighted by molar-refractivity contribution is 6.28. The summed E-state index contributed by atoms with van der Waals surface area (Å²) in [6, 6.07) is 28.3. The van der Waals surface area contributed by atoms with Gasteiger partial charge >= 0.3 is 0 Å². The predicted molar refractivity (Wildman–Crippen MR) is 98.9 cm³/mol. The molecule has 0 spiro atoms. The van der Waals surface area contributed by atoms with Gasteiger partial charge in [-0.15, -0.1) is 0 Å². The minimum absolute atomic E-state index is 1.32. The second-order valence-corrected chi connectivity index (χ2v) is 5.68. The lowest BCUT2D eigenvalue weighted by Gasteiger charge is -2.12. The van der Waals surface area contributed by atoms with Gasteiger partial charge in [-0.25, -0.2) is 0 Å². The van der Waals surface area contributed by atoms with E-state index in [0.717, 1.165) is 0 Å². The summed E-state index contributed by atoms with van der Waals surface area (Å²) >= 11 is 0. The van der Waals surface area contributed by atoms with Gasteiger partial charge in [0, 0.05) is 6.92 Å². The van der Waals surface area contributed by atoms with Crippen molar-refractivity contribution in [1.29, 1.82) is 5.26 Å². The fourth-order valence-corrected chi connectivity index (χ4v) is 3.49. The van der Waals surface area contributed by atoms with Crippen molar-refractivity contribution < 1.29 is 0 Å². The van der Waals surface area contributed by atoms with Crippen LogP contribution in [0.15, 0.2) is 72.8 Å². The minimum Gasteiger partial charge on any atom is -0.199 e. The molecule has 0 unspecified atom stereocenters. The van der Waals surface area contributed by atoms with Crippen LogP contribution in [0.5, 0.6) is 0 Å². The van der Waals surface area contributed by atoms with Crippen molar-refractivity contribution >= 4 is 43.1 Å². The van der Waals surface area contributed by atoms with Crippen LogP contribution >= 0.6 is 0 Å². The highest BCUT2D eigenvalue weighted by Gasteiger charge is 2.09. The third-order valence-electron chi connectivity index (χ3n) is 4.37. The molecule has 0 radical (unpaired) electrons. The van der Waals surface area contributed by atoms with Gasteiger partial charge < -0.3 is 0 Å². The van der Waals surface area contributed by atoms with Gasteiger partial charge in [-0.05, 0) is 49.2 Å². The predicted octanol–water partition coefficient (Wildman–Crippen LogP) is 6.27. The Morgan fingerprint density at radius 2 is 1.22 bits per heavy atom. The van der Waals surface area contributed by atoms with Gasteiger partial charge in [-0.2, -0.15) is 5.26 Å². The molecule has 5 aromatic rings. The van der Waals surface area contributed by atoms with E-state index in [1.54, 1.807) is 6.07 Å². The Bertz CT molecular complexity index is 1160. The molecule has 0 aliphatic heterocycles. The quantitative estimate of drug-likeness (QED) is 0.244. The summed E-state index contributed by atoms with van der Waals surface area (Å²) in [7, 11) is 0. The molecule has 0 aromatic heterocycles. The summed E-state index contributed by atoms with van der Waals surface area (Å²) in [4.78, 5) is 0. The Labute approximate surface area is 134 Å². The number of rotatable bonds is 0. The lowest BCUT2D eigenvalue weighted by Crippen LogP contribution is -1.85. The molecule has 108 valence electrons. The first kappa shape index (κ1) is 13.5. The van der Waals surface area contributed by atoms with Crippen LogP contribution in [-0.4, -0.2) is 0 Å². The van der Waals surface area contributed by atoms with Gasteiger partial charge in [0.2, 0.25) is 0 Å². The number of fused-ring (bicyclic) bond motifs is 2. The molecular formula is C22H15N. The van der Waals surface area contributed by atoms with E-state index in [1.807, 2.05) is 0 Å². The molecular weight excluding hydrogens is 278 g/mol. The maximum absolute atomic E-state index is 7.32. The van der Waals surface area contributed by atoms with E-state index in [4.69, 9.17) is 5.26 Å². The molecule has 0 fully saturated rings. The van der Waals surface area contributed by atoms with E-state index in [2.05, 4.69) is 72.8 Å². The average Bonchev–Trinajstić information content (AvgIpc) is 2.60. The summed E-state index contributed by atoms with van der Waals surface area (Å²) in [5.41, 5.74) is 0. The van der Waals surface area contributed by atoms with Crippen LogP contribution in [0.2, 0.25) is 0 Å². The van der Waals surface area contributed by atoms with Crippen LogP contribution < -0.4 is 0 Å². The zero-order chi connectivity index (χ0) is 15.8. The zero-order valence-electron chi connectivity index (χ0n) is 12.9. The molecule has 0 aliphatic rings. The molecule has 0 saturated carbocycles. The average molecular weight is 293 g/mol. The maximum Gasteiger partial charge on any atom is 0.0587 e. The normalized spacial score (nSPS) is 10.8. The summed E-state index contributed by atoms with van der Waals surface area (Å²) in [5, 5.41) is 18.1. The summed E-state index contributed by atoms with van der Waals surface area (Å²) in [5.74, 6) is 0. The first-order valence-electron chi connectivity index (χ1n) is 7.69. The van der Waals surface area contributed by atoms with Gasteiger partial charge in [-0.1, -0.05) is 66.7 Å². The van der Waals surface area contributed by atoms with Crippen molar-refractivity contribution in [2.45, 2.75) is 6.92 Å². The van der Waals surface area contributed by atoms with Crippen molar-refractivity contribution in [3.05, 3.63) is 72.8 Å². The van der Waals surface area contributed by atoms with Crippen LogP contribution in [-0.2, 0) is 0 Å². The first-order chi connectivity index (χ1) is 11.3. The standard InChI is InChI=1S/C20H12.C2H3N/c1-2-7-17-15(4-1)12-16-9-8-13-5-3-6-14-10-11-18(17)20(16)19(13)14;1-2-3/h1-12H;1H3. The SMILES string of the molecule is CC#N.c1ccc2c(c1)cc1ccc3cccc4ccc2c1c34. The van der Waals surface area contributed by atoms with Gasteiger partial charge in [0.15, 0.2) is 0 Å².